The van der Waals surface area contributed by atoms with E-state index in [9.17, 15) is 49.4 Å². The highest BCUT2D eigenvalue weighted by Crippen LogP contribution is 2.51. The monoisotopic (exact) mass is 611 g/mol. The lowest BCUT2D eigenvalue weighted by Crippen LogP contribution is -2.54. The molecule has 41 heavy (non-hydrogen) atoms. The molecule has 0 saturated heterocycles. The van der Waals surface area contributed by atoms with Crippen molar-refractivity contribution in [1.29, 1.82) is 0 Å². The van der Waals surface area contributed by atoms with Crippen molar-refractivity contribution in [3.63, 3.8) is 0 Å². The molecule has 0 saturated carbocycles. The minimum Gasteiger partial charge on any atom is -0.394 e. The summed E-state index contributed by atoms with van der Waals surface area (Å²) in [6, 6.07) is 5.97. The number of anilines is 1. The minimum atomic E-state index is -6.13. The second-order valence-electron chi connectivity index (χ2n) is 9.57. The van der Waals surface area contributed by atoms with Gasteiger partial charge in [-0.05, 0) is 54.8 Å². The molecule has 224 valence electrons. The quantitative estimate of drug-likeness (QED) is 0.337. The summed E-state index contributed by atoms with van der Waals surface area (Å²) in [7, 11) is -4.53. The Hall–Kier alpha value is -3.21. The van der Waals surface area contributed by atoms with Gasteiger partial charge < -0.3 is 15.3 Å². The highest BCUT2D eigenvalue weighted by molar-refractivity contribution is 7.92. The van der Waals surface area contributed by atoms with Crippen LogP contribution >= 0.6 is 0 Å². The molecule has 1 aromatic heterocycles. The van der Waals surface area contributed by atoms with Crippen molar-refractivity contribution in [2.24, 2.45) is 0 Å². The number of sulfonamides is 1. The van der Waals surface area contributed by atoms with Crippen molar-refractivity contribution in [3.8, 4) is 0 Å². The molecule has 2 atom stereocenters. The summed E-state index contributed by atoms with van der Waals surface area (Å²) in [6.07, 6.45) is -12.1. The normalized spacial score (nSPS) is 17.4. The van der Waals surface area contributed by atoms with E-state index in [2.05, 4.69) is 5.10 Å². The first-order valence-electron chi connectivity index (χ1n) is 12.1. The summed E-state index contributed by atoms with van der Waals surface area (Å²) in [5.74, 6) is -0.738. The van der Waals surface area contributed by atoms with Crippen LogP contribution in [-0.2, 0) is 35.0 Å². The molecule has 4 rings (SSSR count). The van der Waals surface area contributed by atoms with E-state index in [0.29, 0.717) is 17.8 Å². The second-order valence-corrected chi connectivity index (χ2v) is 11.4. The molecule has 1 aliphatic rings. The molecule has 8 nitrogen and oxygen atoms in total. The molecule has 3 aromatic rings. The van der Waals surface area contributed by atoms with Crippen LogP contribution in [0.1, 0.15) is 23.2 Å². The molecular weight excluding hydrogens is 587 g/mol. The van der Waals surface area contributed by atoms with Crippen LogP contribution < -0.4 is 4.31 Å². The molecule has 16 heteroatoms. The molecule has 0 radical (unpaired) electrons. The summed E-state index contributed by atoms with van der Waals surface area (Å²) < 4.78 is 124. The molecule has 1 aliphatic heterocycles. The predicted molar refractivity (Wildman–Crippen MR) is 130 cm³/mol. The maximum Gasteiger partial charge on any atom is 0.430 e. The molecule has 1 unspecified atom stereocenters. The van der Waals surface area contributed by atoms with Crippen molar-refractivity contribution < 1.29 is 54.5 Å². The average molecular weight is 612 g/mol. The standard InChI is InChI=1S/C25H24F7N3O5S/c26-17-3-6-21(7-4-17)41(39,40)35-19(12-18-9-10-34(33-18)13-20(37)14-36)5-1-15-11-16(2-8-22(15)35)23(38,24(27,28)29)25(30,31)32/h2-4,6-11,19-20,36-38H,1,5,12-14H2/t19-,20?/m0/s1. The number of alkyl halides is 6. The van der Waals surface area contributed by atoms with E-state index in [0.717, 1.165) is 34.6 Å². The minimum absolute atomic E-state index is 0.0428. The first kappa shape index (κ1) is 30.7. The third-order valence-electron chi connectivity index (χ3n) is 6.75. The van der Waals surface area contributed by atoms with Crippen LogP contribution in [0, 0.1) is 5.82 Å². The highest BCUT2D eigenvalue weighted by Gasteiger charge is 2.71. The number of hydrogen-bond donors (Lipinski definition) is 3. The Kier molecular flexibility index (Phi) is 8.16. The van der Waals surface area contributed by atoms with Gasteiger partial charge in [0.1, 0.15) is 5.82 Å². The van der Waals surface area contributed by atoms with E-state index in [1.165, 1.54) is 16.9 Å². The fourth-order valence-electron chi connectivity index (χ4n) is 4.71. The van der Waals surface area contributed by atoms with Crippen molar-refractivity contribution >= 4 is 15.7 Å². The van der Waals surface area contributed by atoms with Crippen LogP contribution in [0.25, 0.3) is 0 Å². The number of benzene rings is 2. The molecule has 0 amide bonds. The third-order valence-corrected chi connectivity index (χ3v) is 8.63. The summed E-state index contributed by atoms with van der Waals surface area (Å²) in [4.78, 5) is -0.375. The number of aromatic nitrogens is 2. The Morgan fingerprint density at radius 2 is 1.63 bits per heavy atom. The lowest BCUT2D eigenvalue weighted by atomic mass is 9.87. The second kappa shape index (κ2) is 10.9. The van der Waals surface area contributed by atoms with Gasteiger partial charge in [0, 0.05) is 18.2 Å². The third kappa shape index (κ3) is 5.78. The highest BCUT2D eigenvalue weighted by atomic mass is 32.2. The molecule has 0 spiro atoms. The predicted octanol–water partition coefficient (Wildman–Crippen LogP) is 3.44. The lowest BCUT2D eigenvalue weighted by molar-refractivity contribution is -0.376. The molecule has 3 N–H and O–H groups in total. The molecule has 2 heterocycles. The van der Waals surface area contributed by atoms with Crippen molar-refractivity contribution in [1.82, 2.24) is 9.78 Å². The van der Waals surface area contributed by atoms with Gasteiger partial charge >= 0.3 is 12.4 Å². The van der Waals surface area contributed by atoms with E-state index in [1.54, 1.807) is 0 Å². The van der Waals surface area contributed by atoms with E-state index in [1.807, 2.05) is 0 Å². The fourth-order valence-corrected chi connectivity index (χ4v) is 6.43. The molecule has 0 aliphatic carbocycles. The van der Waals surface area contributed by atoms with Crippen molar-refractivity contribution in [2.75, 3.05) is 10.9 Å². The van der Waals surface area contributed by atoms with Crippen LogP contribution in [0.5, 0.6) is 0 Å². The maximum atomic E-state index is 13.8. The summed E-state index contributed by atoms with van der Waals surface area (Å²) in [5.41, 5.74) is -6.76. The van der Waals surface area contributed by atoms with Gasteiger partial charge in [0.15, 0.2) is 0 Å². The van der Waals surface area contributed by atoms with Gasteiger partial charge in [0.25, 0.3) is 15.6 Å². The van der Waals surface area contributed by atoms with E-state index in [-0.39, 0.29) is 42.0 Å². The number of halogens is 7. The van der Waals surface area contributed by atoms with Gasteiger partial charge in [-0.3, -0.25) is 8.99 Å². The molecule has 0 bridgehead atoms. The number of aliphatic hydroxyl groups is 3. The zero-order valence-electron chi connectivity index (χ0n) is 20.9. The first-order valence-corrected chi connectivity index (χ1v) is 13.5. The van der Waals surface area contributed by atoms with E-state index < -0.39 is 58.1 Å². The first-order chi connectivity index (χ1) is 19.0. The Morgan fingerprint density at radius 1 is 1.00 bits per heavy atom. The maximum absolute atomic E-state index is 13.8. The smallest absolute Gasteiger partial charge is 0.394 e. The van der Waals surface area contributed by atoms with Crippen LogP contribution in [0.4, 0.5) is 36.4 Å². The van der Waals surface area contributed by atoms with Gasteiger partial charge in [0.05, 0.1) is 41.6 Å². The van der Waals surface area contributed by atoms with Gasteiger partial charge in [-0.25, -0.2) is 12.8 Å². The molecular formula is C25H24F7N3O5S. The Morgan fingerprint density at radius 3 is 2.22 bits per heavy atom. The van der Waals surface area contributed by atoms with Crippen LogP contribution in [-0.4, -0.2) is 64.6 Å². The van der Waals surface area contributed by atoms with Gasteiger partial charge in [-0.15, -0.1) is 0 Å². The number of aliphatic hydroxyl groups excluding tert-OH is 2. The lowest BCUT2D eigenvalue weighted by Gasteiger charge is -2.39. The molecule has 0 fully saturated rings. The summed E-state index contributed by atoms with van der Waals surface area (Å²) in [6.45, 7) is -0.593. The molecule has 2 aromatic carbocycles. The Balaban J connectivity index is 1.80. The zero-order chi connectivity index (χ0) is 30.4. The largest absolute Gasteiger partial charge is 0.430 e. The van der Waals surface area contributed by atoms with Crippen LogP contribution in [0.3, 0.4) is 0 Å². The van der Waals surface area contributed by atoms with Crippen LogP contribution in [0.15, 0.2) is 59.6 Å². The van der Waals surface area contributed by atoms with Gasteiger partial charge in [-0.2, -0.15) is 31.4 Å². The van der Waals surface area contributed by atoms with Gasteiger partial charge in [0.2, 0.25) is 0 Å². The summed E-state index contributed by atoms with van der Waals surface area (Å²) >= 11 is 0. The Labute approximate surface area is 229 Å². The SMILES string of the molecule is O=S(=O)(c1ccc(F)cc1)N1c2ccc(C(O)(C(F)(F)F)C(F)(F)F)cc2CC[C@H]1Cc1ccn(CC(O)CO)n1. The number of aryl methyl sites for hydroxylation is 1. The van der Waals surface area contributed by atoms with E-state index >= 15 is 0 Å². The number of fused-ring (bicyclic) bond motifs is 1. The number of hydrogen-bond acceptors (Lipinski definition) is 6. The van der Waals surface area contributed by atoms with Gasteiger partial charge in [-0.1, -0.05) is 12.1 Å². The zero-order valence-corrected chi connectivity index (χ0v) is 21.8. The fraction of sp³-hybridized carbons (Fsp3) is 0.400. The van der Waals surface area contributed by atoms with Crippen LogP contribution in [0.2, 0.25) is 0 Å². The van der Waals surface area contributed by atoms with Crippen molar-refractivity contribution in [3.05, 3.63) is 77.4 Å². The Bertz CT molecular complexity index is 1480. The average Bonchev–Trinajstić information content (AvgIpc) is 3.32. The number of nitrogens with zero attached hydrogens (tertiary/aromatic N) is 3. The number of rotatable bonds is 8. The topological polar surface area (TPSA) is 116 Å². The van der Waals surface area contributed by atoms with E-state index in [4.69, 9.17) is 5.11 Å². The van der Waals surface area contributed by atoms with Crippen molar-refractivity contribution in [2.45, 2.75) is 60.8 Å². The summed E-state index contributed by atoms with van der Waals surface area (Å²) in [5, 5.41) is 32.8.